The first kappa shape index (κ1) is 12.8. The first-order chi connectivity index (χ1) is 7.60. The number of hydrogen-bond donors (Lipinski definition) is 2. The van der Waals surface area contributed by atoms with Gasteiger partial charge in [-0.1, -0.05) is 17.7 Å². The molecule has 16 heavy (non-hydrogen) atoms. The number of methoxy groups -OCH3 is 1. The van der Waals surface area contributed by atoms with Crippen LogP contribution in [0.2, 0.25) is 5.02 Å². The van der Waals surface area contributed by atoms with Crippen molar-refractivity contribution in [3.63, 3.8) is 0 Å². The van der Waals surface area contributed by atoms with Gasteiger partial charge in [0.2, 0.25) is 0 Å². The maximum Gasteiger partial charge on any atom is 0.312 e. The molecule has 88 valence electrons. The van der Waals surface area contributed by atoms with Crippen LogP contribution in [-0.2, 0) is 4.79 Å². The Morgan fingerprint density at radius 1 is 1.62 bits per heavy atom. The summed E-state index contributed by atoms with van der Waals surface area (Å²) in [6.45, 7) is 0.359. The lowest BCUT2D eigenvalue weighted by molar-refractivity contribution is -0.138. The van der Waals surface area contributed by atoms with Gasteiger partial charge in [0, 0.05) is 6.54 Å². The molecule has 4 nitrogen and oxygen atoms in total. The summed E-state index contributed by atoms with van der Waals surface area (Å²) < 4.78 is 5.01. The summed E-state index contributed by atoms with van der Waals surface area (Å²) in [4.78, 5) is 11.0. The minimum absolute atomic E-state index is 0.359. The van der Waals surface area contributed by atoms with Crippen LogP contribution in [0.3, 0.4) is 0 Å². The number of halogens is 1. The second-order valence-corrected chi connectivity index (χ2v) is 3.75. The zero-order chi connectivity index (χ0) is 12.1. The molecule has 0 aliphatic heterocycles. The monoisotopic (exact) mass is 243 g/mol. The molecule has 0 saturated carbocycles. The molecule has 0 radical (unpaired) electrons. The Balaban J connectivity index is 3.01. The molecule has 1 aromatic carbocycles. The molecule has 0 spiro atoms. The van der Waals surface area contributed by atoms with Crippen LogP contribution < -0.4 is 10.1 Å². The highest BCUT2D eigenvalue weighted by atomic mass is 35.5. The Morgan fingerprint density at radius 3 is 2.75 bits per heavy atom. The number of likely N-dealkylation sites (N-methyl/N-ethyl adjacent to an activating group) is 1. The standard InChI is InChI=1S/C11H14ClNO3/c1-13-6-8(11(14)15)7-3-4-10(16-2)9(12)5-7/h3-5,8,13H,6H2,1-2H3,(H,14,15). The van der Waals surface area contributed by atoms with Gasteiger partial charge in [-0.2, -0.15) is 0 Å². The van der Waals surface area contributed by atoms with E-state index >= 15 is 0 Å². The summed E-state index contributed by atoms with van der Waals surface area (Å²) >= 11 is 5.94. The number of hydrogen-bond acceptors (Lipinski definition) is 3. The third kappa shape index (κ3) is 2.87. The van der Waals surface area contributed by atoms with E-state index in [-0.39, 0.29) is 0 Å². The van der Waals surface area contributed by atoms with Crippen molar-refractivity contribution in [1.29, 1.82) is 0 Å². The maximum atomic E-state index is 11.0. The summed E-state index contributed by atoms with van der Waals surface area (Å²) in [7, 11) is 3.23. The molecule has 1 atom stereocenters. The zero-order valence-corrected chi connectivity index (χ0v) is 9.91. The van der Waals surface area contributed by atoms with Crippen LogP contribution in [0, 0.1) is 0 Å². The van der Waals surface area contributed by atoms with Gasteiger partial charge >= 0.3 is 5.97 Å². The minimum atomic E-state index is -0.879. The molecule has 0 amide bonds. The lowest BCUT2D eigenvalue weighted by atomic mass is 9.99. The molecule has 0 heterocycles. The Kier molecular flexibility index (Phi) is 4.58. The first-order valence-corrected chi connectivity index (χ1v) is 5.18. The molecule has 0 aromatic heterocycles. The van der Waals surface area contributed by atoms with Gasteiger partial charge in [0.05, 0.1) is 18.1 Å². The quantitative estimate of drug-likeness (QED) is 0.827. The van der Waals surface area contributed by atoms with Crippen molar-refractivity contribution >= 4 is 17.6 Å². The molecule has 1 rings (SSSR count). The molecule has 0 saturated heterocycles. The fraction of sp³-hybridized carbons (Fsp3) is 0.364. The van der Waals surface area contributed by atoms with Crippen LogP contribution in [-0.4, -0.2) is 31.8 Å². The Bertz CT molecular complexity index is 381. The van der Waals surface area contributed by atoms with Crippen molar-refractivity contribution in [3.8, 4) is 5.75 Å². The average molecular weight is 244 g/mol. The van der Waals surface area contributed by atoms with Crippen LogP contribution in [0.25, 0.3) is 0 Å². The van der Waals surface area contributed by atoms with Crippen LogP contribution in [0.1, 0.15) is 11.5 Å². The van der Waals surface area contributed by atoms with E-state index in [0.29, 0.717) is 22.9 Å². The van der Waals surface area contributed by atoms with Gasteiger partial charge in [-0.15, -0.1) is 0 Å². The van der Waals surface area contributed by atoms with E-state index < -0.39 is 11.9 Å². The van der Waals surface area contributed by atoms with Gasteiger partial charge in [-0.25, -0.2) is 0 Å². The van der Waals surface area contributed by atoms with Crippen molar-refractivity contribution in [3.05, 3.63) is 28.8 Å². The summed E-state index contributed by atoms with van der Waals surface area (Å²) in [6.07, 6.45) is 0. The lowest BCUT2D eigenvalue weighted by Gasteiger charge is -2.13. The summed E-state index contributed by atoms with van der Waals surface area (Å²) in [5.74, 6) is -0.942. The van der Waals surface area contributed by atoms with E-state index in [2.05, 4.69) is 5.32 Å². The van der Waals surface area contributed by atoms with Crippen molar-refractivity contribution in [1.82, 2.24) is 5.32 Å². The van der Waals surface area contributed by atoms with E-state index in [4.69, 9.17) is 21.4 Å². The van der Waals surface area contributed by atoms with Gasteiger partial charge in [0.1, 0.15) is 5.75 Å². The normalized spacial score (nSPS) is 12.2. The van der Waals surface area contributed by atoms with Crippen molar-refractivity contribution in [2.75, 3.05) is 20.7 Å². The third-order valence-electron chi connectivity index (χ3n) is 2.28. The molecular weight excluding hydrogens is 230 g/mol. The van der Waals surface area contributed by atoms with Crippen LogP contribution in [0.4, 0.5) is 0 Å². The highest BCUT2D eigenvalue weighted by Crippen LogP contribution is 2.28. The van der Waals surface area contributed by atoms with E-state index in [0.717, 1.165) is 0 Å². The third-order valence-corrected chi connectivity index (χ3v) is 2.58. The second kappa shape index (κ2) is 5.72. The number of benzene rings is 1. The number of carboxylic acid groups (broad SMARTS) is 1. The number of rotatable bonds is 5. The molecule has 1 aromatic rings. The Morgan fingerprint density at radius 2 is 2.31 bits per heavy atom. The van der Waals surface area contributed by atoms with Gasteiger partial charge in [0.25, 0.3) is 0 Å². The SMILES string of the molecule is CNCC(C(=O)O)c1ccc(OC)c(Cl)c1. The van der Waals surface area contributed by atoms with E-state index in [9.17, 15) is 4.79 Å². The minimum Gasteiger partial charge on any atom is -0.495 e. The fourth-order valence-corrected chi connectivity index (χ4v) is 1.72. The van der Waals surface area contributed by atoms with Gasteiger partial charge in [0.15, 0.2) is 0 Å². The first-order valence-electron chi connectivity index (χ1n) is 4.81. The molecular formula is C11H14ClNO3. The van der Waals surface area contributed by atoms with E-state index in [1.54, 1.807) is 25.2 Å². The molecule has 0 aliphatic rings. The molecule has 0 aliphatic carbocycles. The molecule has 2 N–H and O–H groups in total. The Hall–Kier alpha value is -1.26. The summed E-state index contributed by atoms with van der Waals surface area (Å²) in [5, 5.41) is 12.3. The summed E-state index contributed by atoms with van der Waals surface area (Å²) in [6, 6.07) is 5.00. The highest BCUT2D eigenvalue weighted by molar-refractivity contribution is 6.32. The molecule has 5 heteroatoms. The topological polar surface area (TPSA) is 58.6 Å². The average Bonchev–Trinajstić information content (AvgIpc) is 2.25. The largest absolute Gasteiger partial charge is 0.495 e. The predicted octanol–water partition coefficient (Wildman–Crippen LogP) is 1.74. The van der Waals surface area contributed by atoms with Crippen LogP contribution in [0.5, 0.6) is 5.75 Å². The van der Waals surface area contributed by atoms with Crippen molar-refractivity contribution in [2.24, 2.45) is 0 Å². The van der Waals surface area contributed by atoms with E-state index in [1.165, 1.54) is 7.11 Å². The number of nitrogens with one attached hydrogen (secondary N) is 1. The lowest BCUT2D eigenvalue weighted by Crippen LogP contribution is -2.24. The highest BCUT2D eigenvalue weighted by Gasteiger charge is 2.19. The van der Waals surface area contributed by atoms with Crippen molar-refractivity contribution < 1.29 is 14.6 Å². The molecule has 1 unspecified atom stereocenters. The molecule has 0 bridgehead atoms. The smallest absolute Gasteiger partial charge is 0.312 e. The van der Waals surface area contributed by atoms with E-state index in [1.807, 2.05) is 0 Å². The Labute approximate surface area is 99.2 Å². The molecule has 0 fully saturated rings. The van der Waals surface area contributed by atoms with Gasteiger partial charge in [-0.05, 0) is 24.7 Å². The van der Waals surface area contributed by atoms with Crippen molar-refractivity contribution in [2.45, 2.75) is 5.92 Å². The van der Waals surface area contributed by atoms with Gasteiger partial charge in [-0.3, -0.25) is 4.79 Å². The summed E-state index contributed by atoms with van der Waals surface area (Å²) in [5.41, 5.74) is 0.660. The number of carbonyl (C=O) groups is 1. The van der Waals surface area contributed by atoms with Gasteiger partial charge < -0.3 is 15.2 Å². The fourth-order valence-electron chi connectivity index (χ4n) is 1.45. The number of carboxylic acids is 1. The van der Waals surface area contributed by atoms with Crippen LogP contribution in [0.15, 0.2) is 18.2 Å². The number of ether oxygens (including phenoxy) is 1. The number of aliphatic carboxylic acids is 1. The predicted molar refractivity (Wildman–Crippen MR) is 62.3 cm³/mol. The zero-order valence-electron chi connectivity index (χ0n) is 9.16. The van der Waals surface area contributed by atoms with Crippen LogP contribution >= 0.6 is 11.6 Å². The second-order valence-electron chi connectivity index (χ2n) is 3.34. The maximum absolute atomic E-state index is 11.0.